The molecule has 27 nitrogen and oxygen atoms in total. The summed E-state index contributed by atoms with van der Waals surface area (Å²) < 4.78 is 79.7. The standard InChI is InChI=1S/C49H69F5N12O15/c1-7-22(4)35(65-43(74)26(14-11-15-58-48(56)57)61-41(72)23(5)16-21(2)3)45(76)66-36(24(6)68)44(75)60-18-29(69)64-37(38(70)40(55)71)46(77)62-28(19-67)42(73)59-17-27(63-49(79)80-20-25-12-9-8-10-13-25)47(78)81-39-33(53)31(51)30(50)32(52)34(39)54/h8-10,12-13,21-24,26-28,35-38,67-68,70H,7,11,14-20H2,1-6H3,(H2,55,71)(H,59,73)(H,60,75)(H,61,72)(H,62,77)(H,63,79)(H,64,69)(H,65,74)(H,66,76)(H4,56,57,58)/t22-,23-,24-,26+,27-,28-,35-,36-,37-,38-/m0/s1. The van der Waals surface area contributed by atoms with Crippen molar-refractivity contribution in [3.63, 3.8) is 0 Å². The monoisotopic (exact) mass is 1160 g/mol. The summed E-state index contributed by atoms with van der Waals surface area (Å²) >= 11 is 0. The average molecular weight is 1160 g/mol. The number of carbonyl (C=O) groups is 10. The number of alkyl carbamates (subject to hydrolysis) is 1. The van der Waals surface area contributed by atoms with Crippen LogP contribution in [0.2, 0.25) is 0 Å². The van der Waals surface area contributed by atoms with Crippen LogP contribution in [0.5, 0.6) is 5.75 Å². The average Bonchev–Trinajstić information content (AvgIpc) is 3.43. The first-order valence-corrected chi connectivity index (χ1v) is 25.1. The SMILES string of the molecule is CC[C@H](C)[C@H](NC(=O)[C@@H](CCCNC(=N)N)NC(=O)[C@@H](C)CC(C)C)C(=O)N[C@H](C(=O)NCC(=O)N[C@H](C(=O)N[C@@H](CO)C(=O)NC[C@H](NC(=O)OCc1ccccc1)C(=O)Oc1c(F)c(F)c(F)c(F)c1F)[C@H](O)C(N)=O)[C@H](C)O. The highest BCUT2D eigenvalue weighted by molar-refractivity contribution is 5.98. The van der Waals surface area contributed by atoms with Gasteiger partial charge in [0.05, 0.1) is 19.3 Å². The Morgan fingerprint density at radius 1 is 0.642 bits per heavy atom. The Bertz CT molecular complexity index is 2540. The van der Waals surface area contributed by atoms with Gasteiger partial charge in [0.15, 0.2) is 12.1 Å². The zero-order chi connectivity index (χ0) is 61.4. The number of esters is 1. The van der Waals surface area contributed by atoms with Gasteiger partial charge in [-0.3, -0.25) is 43.8 Å². The molecule has 9 amide bonds. The zero-order valence-corrected chi connectivity index (χ0v) is 44.9. The second-order valence-electron chi connectivity index (χ2n) is 18.9. The van der Waals surface area contributed by atoms with Crippen molar-refractivity contribution >= 4 is 65.3 Å². The van der Waals surface area contributed by atoms with Crippen LogP contribution in [0, 0.1) is 52.2 Å². The lowest BCUT2D eigenvalue weighted by Crippen LogP contribution is -2.62. The van der Waals surface area contributed by atoms with Crippen LogP contribution in [0.15, 0.2) is 30.3 Å². The molecule has 0 bridgehead atoms. The van der Waals surface area contributed by atoms with Gasteiger partial charge in [-0.15, -0.1) is 0 Å². The maximum absolute atomic E-state index is 14.4. The van der Waals surface area contributed by atoms with E-state index >= 15 is 0 Å². The zero-order valence-electron chi connectivity index (χ0n) is 44.9. The number of ether oxygens (including phenoxy) is 2. The molecule has 2 aromatic carbocycles. The quantitative estimate of drug-likeness (QED) is 0.00524. The molecule has 0 aromatic heterocycles. The Hall–Kier alpha value is -8.26. The van der Waals surface area contributed by atoms with Gasteiger partial charge in [0.1, 0.15) is 42.9 Å². The minimum Gasteiger partial charge on any atom is -0.445 e. The Kier molecular flexibility index (Phi) is 28.4. The van der Waals surface area contributed by atoms with Gasteiger partial charge in [-0.1, -0.05) is 71.4 Å². The van der Waals surface area contributed by atoms with E-state index in [0.717, 1.165) is 6.92 Å². The fourth-order valence-electron chi connectivity index (χ4n) is 7.21. The number of rotatable bonds is 32. The molecule has 0 fully saturated rings. The number of nitrogens with two attached hydrogens (primary N) is 2. The van der Waals surface area contributed by atoms with Crippen molar-refractivity contribution in [3.8, 4) is 5.75 Å². The Balaban J connectivity index is 2.25. The number of guanidine groups is 1. The molecular weight excluding hydrogens is 1090 g/mol. The Morgan fingerprint density at radius 3 is 1.75 bits per heavy atom. The first-order valence-electron chi connectivity index (χ1n) is 25.1. The number of carbonyl (C=O) groups excluding carboxylic acids is 10. The molecule has 17 N–H and O–H groups in total. The smallest absolute Gasteiger partial charge is 0.408 e. The Labute approximate surface area is 460 Å². The third kappa shape index (κ3) is 22.1. The highest BCUT2D eigenvalue weighted by Gasteiger charge is 2.38. The molecule has 0 unspecified atom stereocenters. The molecule has 2 aromatic rings. The van der Waals surface area contributed by atoms with Crippen molar-refractivity contribution in [1.82, 2.24) is 47.9 Å². The Morgan fingerprint density at radius 2 is 1.21 bits per heavy atom. The maximum atomic E-state index is 14.4. The van der Waals surface area contributed by atoms with E-state index in [-0.39, 0.29) is 37.7 Å². The van der Waals surface area contributed by atoms with Gasteiger partial charge in [0.2, 0.25) is 82.1 Å². The van der Waals surface area contributed by atoms with Crippen LogP contribution in [0.1, 0.15) is 72.8 Å². The molecule has 0 aliphatic rings. The number of aliphatic hydroxyl groups excluding tert-OH is 3. The molecule has 10 atom stereocenters. The van der Waals surface area contributed by atoms with Crippen LogP contribution in [0.4, 0.5) is 26.7 Å². The van der Waals surface area contributed by atoms with Crippen LogP contribution in [0.25, 0.3) is 0 Å². The van der Waals surface area contributed by atoms with Gasteiger partial charge < -0.3 is 84.1 Å². The van der Waals surface area contributed by atoms with Crippen LogP contribution in [-0.2, 0) is 54.5 Å². The van der Waals surface area contributed by atoms with Gasteiger partial charge in [0, 0.05) is 19.0 Å². The largest absolute Gasteiger partial charge is 0.445 e. The molecule has 0 radical (unpaired) electrons. The van der Waals surface area contributed by atoms with Crippen LogP contribution in [-0.4, -0.2) is 155 Å². The second kappa shape index (κ2) is 33.4. The lowest BCUT2D eigenvalue weighted by atomic mass is 9.96. The molecule has 0 spiro atoms. The maximum Gasteiger partial charge on any atom is 0.408 e. The summed E-state index contributed by atoms with van der Waals surface area (Å²) in [5.41, 5.74) is 10.9. The van der Waals surface area contributed by atoms with E-state index in [2.05, 4.69) is 31.3 Å². The summed E-state index contributed by atoms with van der Waals surface area (Å²) in [5.74, 6) is -27.8. The van der Waals surface area contributed by atoms with Crippen molar-refractivity contribution in [2.24, 2.45) is 29.2 Å². The fourth-order valence-corrected chi connectivity index (χ4v) is 7.21. The topological polar surface area (TPSA) is 434 Å². The molecule has 0 saturated carbocycles. The summed E-state index contributed by atoms with van der Waals surface area (Å²) in [6.45, 7) is 5.90. The van der Waals surface area contributed by atoms with Crippen molar-refractivity contribution < 1.29 is 94.7 Å². The van der Waals surface area contributed by atoms with Crippen LogP contribution < -0.4 is 64.1 Å². The van der Waals surface area contributed by atoms with E-state index in [1.54, 1.807) is 39.0 Å². The van der Waals surface area contributed by atoms with Gasteiger partial charge in [-0.05, 0) is 43.6 Å². The molecule has 2 rings (SSSR count). The summed E-state index contributed by atoms with van der Waals surface area (Å²) in [5, 5.41) is 58.3. The summed E-state index contributed by atoms with van der Waals surface area (Å²) in [4.78, 5) is 132. The second-order valence-corrected chi connectivity index (χ2v) is 18.9. The van der Waals surface area contributed by atoms with Gasteiger partial charge in [0.25, 0.3) is 0 Å². The van der Waals surface area contributed by atoms with Crippen molar-refractivity contribution in [1.29, 1.82) is 5.41 Å². The number of amides is 9. The lowest BCUT2D eigenvalue weighted by Gasteiger charge is -2.29. The number of hydrogen-bond acceptors (Lipinski definition) is 16. The number of aliphatic hydroxyl groups is 3. The molecule has 0 aliphatic carbocycles. The van der Waals surface area contributed by atoms with Crippen molar-refractivity contribution in [3.05, 3.63) is 65.0 Å². The van der Waals surface area contributed by atoms with E-state index in [1.807, 2.05) is 35.1 Å². The predicted molar refractivity (Wildman–Crippen MR) is 272 cm³/mol. The van der Waals surface area contributed by atoms with Crippen LogP contribution >= 0.6 is 0 Å². The van der Waals surface area contributed by atoms with E-state index in [0.29, 0.717) is 12.0 Å². The number of benzene rings is 2. The molecule has 81 heavy (non-hydrogen) atoms. The summed E-state index contributed by atoms with van der Waals surface area (Å²) in [6, 6.07) is -3.52. The van der Waals surface area contributed by atoms with E-state index in [9.17, 15) is 85.2 Å². The summed E-state index contributed by atoms with van der Waals surface area (Å²) in [7, 11) is 0. The van der Waals surface area contributed by atoms with Gasteiger partial charge in [-0.25, -0.2) is 22.8 Å². The normalized spacial score (nSPS) is 14.8. The van der Waals surface area contributed by atoms with E-state index in [4.69, 9.17) is 21.6 Å². The van der Waals surface area contributed by atoms with Crippen molar-refractivity contribution in [2.45, 2.75) is 122 Å². The number of nitrogens with one attached hydrogen (secondary N) is 10. The van der Waals surface area contributed by atoms with E-state index in [1.165, 1.54) is 12.1 Å². The molecule has 32 heteroatoms. The predicted octanol–water partition coefficient (Wildman–Crippen LogP) is -2.55. The molecule has 0 saturated heterocycles. The van der Waals surface area contributed by atoms with Gasteiger partial charge >= 0.3 is 12.1 Å². The molecule has 0 aliphatic heterocycles. The highest BCUT2D eigenvalue weighted by Crippen LogP contribution is 2.29. The van der Waals surface area contributed by atoms with Crippen molar-refractivity contribution in [2.75, 3.05) is 26.2 Å². The highest BCUT2D eigenvalue weighted by atomic mass is 19.2. The fraction of sp³-hybridized carbons (Fsp3) is 0.531. The minimum atomic E-state index is -2.61. The first kappa shape index (κ1) is 68.8. The first-order chi connectivity index (χ1) is 37.9. The summed E-state index contributed by atoms with van der Waals surface area (Å²) in [6.07, 6.45) is -4.69. The third-order valence-electron chi connectivity index (χ3n) is 11.8. The van der Waals surface area contributed by atoms with Gasteiger partial charge in [-0.2, -0.15) is 8.78 Å². The van der Waals surface area contributed by atoms with E-state index < -0.39 is 181 Å². The van der Waals surface area contributed by atoms with Crippen LogP contribution in [0.3, 0.4) is 0 Å². The molecular formula is C49H69F5N12O15. The number of halogens is 5. The third-order valence-corrected chi connectivity index (χ3v) is 11.8. The minimum absolute atomic E-state index is 0.0433. The number of hydrogen-bond donors (Lipinski definition) is 15. The molecule has 0 heterocycles. The molecule has 450 valence electrons. The number of primary amides is 1. The lowest BCUT2D eigenvalue weighted by molar-refractivity contribution is -0.140.